The number of piperazine rings is 1. The monoisotopic (exact) mass is 393 g/mol. The third-order valence-corrected chi connectivity index (χ3v) is 7.45. The molecule has 0 spiro atoms. The number of anilines is 1. The van der Waals surface area contributed by atoms with Crippen LogP contribution in [-0.4, -0.2) is 43.9 Å². The molecule has 0 saturated carbocycles. The van der Waals surface area contributed by atoms with Gasteiger partial charge in [-0.1, -0.05) is 41.1 Å². The molecular weight excluding hydrogens is 378 g/mol. The second kappa shape index (κ2) is 6.57. The molecule has 1 fully saturated rings. The molecule has 0 unspecified atom stereocenters. The third-order valence-electron chi connectivity index (χ3n) is 4.23. The summed E-state index contributed by atoms with van der Waals surface area (Å²) >= 11 is 7.57. The van der Waals surface area contributed by atoms with E-state index in [9.17, 15) is 8.42 Å². The molecule has 25 heavy (non-hydrogen) atoms. The number of thiazole rings is 1. The van der Waals surface area contributed by atoms with Gasteiger partial charge in [-0.25, -0.2) is 13.4 Å². The molecule has 4 rings (SSSR count). The molecular formula is C17H16ClN3O2S2. The van der Waals surface area contributed by atoms with Gasteiger partial charge in [-0.3, -0.25) is 0 Å². The van der Waals surface area contributed by atoms with Crippen molar-refractivity contribution in [1.82, 2.24) is 9.29 Å². The van der Waals surface area contributed by atoms with Crippen molar-refractivity contribution in [1.29, 1.82) is 0 Å². The molecule has 1 aliphatic heterocycles. The number of rotatable bonds is 3. The Bertz CT molecular complexity index is 978. The Morgan fingerprint density at radius 1 is 1.00 bits per heavy atom. The summed E-state index contributed by atoms with van der Waals surface area (Å²) in [5.74, 6) is 0. The minimum absolute atomic E-state index is 0.244. The van der Waals surface area contributed by atoms with Crippen molar-refractivity contribution in [3.63, 3.8) is 0 Å². The molecule has 0 aliphatic carbocycles. The molecule has 0 atom stereocenters. The average Bonchev–Trinajstić information content (AvgIpc) is 3.06. The largest absolute Gasteiger partial charge is 0.345 e. The van der Waals surface area contributed by atoms with Gasteiger partial charge in [0.15, 0.2) is 5.13 Å². The van der Waals surface area contributed by atoms with Crippen LogP contribution in [0.1, 0.15) is 0 Å². The molecule has 0 N–H and O–H groups in total. The first-order valence-electron chi connectivity index (χ1n) is 7.90. The average molecular weight is 394 g/mol. The quantitative estimate of drug-likeness (QED) is 0.683. The van der Waals surface area contributed by atoms with Crippen molar-refractivity contribution < 1.29 is 8.42 Å². The lowest BCUT2D eigenvalue weighted by Crippen LogP contribution is -2.48. The summed E-state index contributed by atoms with van der Waals surface area (Å²) < 4.78 is 28.2. The highest BCUT2D eigenvalue weighted by atomic mass is 35.5. The number of hydrogen-bond donors (Lipinski definition) is 0. The van der Waals surface area contributed by atoms with Crippen molar-refractivity contribution in [2.24, 2.45) is 0 Å². The molecule has 2 heterocycles. The molecule has 130 valence electrons. The minimum Gasteiger partial charge on any atom is -0.345 e. The number of benzene rings is 2. The Balaban J connectivity index is 1.51. The van der Waals surface area contributed by atoms with Crippen molar-refractivity contribution in [3.8, 4) is 0 Å². The molecule has 0 radical (unpaired) electrons. The highest BCUT2D eigenvalue weighted by Gasteiger charge is 2.29. The lowest BCUT2D eigenvalue weighted by molar-refractivity contribution is 0.385. The Labute approximate surface area is 155 Å². The van der Waals surface area contributed by atoms with Gasteiger partial charge in [0.1, 0.15) is 0 Å². The standard InChI is InChI=1S/C17H16ClN3O2S2/c18-13-4-3-5-14(12-13)25(22,23)21-10-8-20(9-11-21)17-19-15-6-1-2-7-16(15)24-17/h1-7,12H,8-11H2. The van der Waals surface area contributed by atoms with Gasteiger partial charge in [-0.05, 0) is 30.3 Å². The molecule has 1 aliphatic rings. The topological polar surface area (TPSA) is 53.5 Å². The second-order valence-corrected chi connectivity index (χ2v) is 9.20. The van der Waals surface area contributed by atoms with Gasteiger partial charge < -0.3 is 4.90 Å². The first kappa shape index (κ1) is 16.8. The van der Waals surface area contributed by atoms with Crippen molar-refractivity contribution in [3.05, 3.63) is 53.6 Å². The SMILES string of the molecule is O=S(=O)(c1cccc(Cl)c1)N1CCN(c2nc3ccccc3s2)CC1. The highest BCUT2D eigenvalue weighted by Crippen LogP contribution is 2.30. The van der Waals surface area contributed by atoms with Crippen molar-refractivity contribution >= 4 is 48.3 Å². The number of fused-ring (bicyclic) bond motifs is 1. The van der Waals surface area contributed by atoms with E-state index in [-0.39, 0.29) is 4.90 Å². The lowest BCUT2D eigenvalue weighted by Gasteiger charge is -2.33. The first-order valence-corrected chi connectivity index (χ1v) is 10.5. The summed E-state index contributed by atoms with van der Waals surface area (Å²) in [6.07, 6.45) is 0. The molecule has 0 bridgehead atoms. The van der Waals surface area contributed by atoms with Crippen LogP contribution in [0.5, 0.6) is 0 Å². The number of aromatic nitrogens is 1. The number of halogens is 1. The zero-order chi connectivity index (χ0) is 17.4. The van der Waals surface area contributed by atoms with E-state index in [1.807, 2.05) is 18.2 Å². The summed E-state index contributed by atoms with van der Waals surface area (Å²) in [7, 11) is -3.51. The predicted molar refractivity (Wildman–Crippen MR) is 102 cm³/mol. The predicted octanol–water partition coefficient (Wildman–Crippen LogP) is 3.46. The van der Waals surface area contributed by atoms with E-state index >= 15 is 0 Å². The fourth-order valence-electron chi connectivity index (χ4n) is 2.89. The summed E-state index contributed by atoms with van der Waals surface area (Å²) in [6, 6.07) is 14.4. The van der Waals surface area contributed by atoms with Crippen LogP contribution in [0, 0.1) is 0 Å². The summed E-state index contributed by atoms with van der Waals surface area (Å²) in [6.45, 7) is 2.12. The van der Waals surface area contributed by atoms with Gasteiger partial charge in [0, 0.05) is 31.2 Å². The van der Waals surface area contributed by atoms with E-state index in [2.05, 4.69) is 16.0 Å². The number of hydrogen-bond acceptors (Lipinski definition) is 5. The third kappa shape index (κ3) is 3.25. The fraction of sp³-hybridized carbons (Fsp3) is 0.235. The van der Waals surface area contributed by atoms with Crippen LogP contribution in [0.25, 0.3) is 10.2 Å². The second-order valence-electron chi connectivity index (χ2n) is 5.81. The summed E-state index contributed by atoms with van der Waals surface area (Å²) in [5.41, 5.74) is 0.983. The maximum Gasteiger partial charge on any atom is 0.243 e. The smallest absolute Gasteiger partial charge is 0.243 e. The van der Waals surface area contributed by atoms with E-state index in [4.69, 9.17) is 11.6 Å². The molecule has 0 amide bonds. The highest BCUT2D eigenvalue weighted by molar-refractivity contribution is 7.89. The number of sulfonamides is 1. The lowest BCUT2D eigenvalue weighted by atomic mass is 10.3. The Morgan fingerprint density at radius 2 is 1.76 bits per heavy atom. The molecule has 1 saturated heterocycles. The van der Waals surface area contributed by atoms with E-state index in [0.29, 0.717) is 31.2 Å². The molecule has 3 aromatic rings. The number of nitrogens with zero attached hydrogens (tertiary/aromatic N) is 3. The van der Waals surface area contributed by atoms with Crippen LogP contribution in [0.2, 0.25) is 5.02 Å². The van der Waals surface area contributed by atoms with Gasteiger partial charge in [0.2, 0.25) is 10.0 Å². The van der Waals surface area contributed by atoms with Gasteiger partial charge in [0.25, 0.3) is 0 Å². The van der Waals surface area contributed by atoms with E-state index in [0.717, 1.165) is 15.3 Å². The normalized spacial score (nSPS) is 16.4. The van der Waals surface area contributed by atoms with Gasteiger partial charge >= 0.3 is 0 Å². The van der Waals surface area contributed by atoms with Gasteiger partial charge in [0.05, 0.1) is 15.1 Å². The molecule has 8 heteroatoms. The number of para-hydroxylation sites is 1. The van der Waals surface area contributed by atoms with Crippen LogP contribution in [0.4, 0.5) is 5.13 Å². The van der Waals surface area contributed by atoms with E-state index in [1.54, 1.807) is 29.5 Å². The molecule has 1 aromatic heterocycles. The zero-order valence-electron chi connectivity index (χ0n) is 13.3. The summed E-state index contributed by atoms with van der Waals surface area (Å²) in [5, 5.41) is 1.37. The summed E-state index contributed by atoms with van der Waals surface area (Å²) in [4.78, 5) is 7.04. The first-order chi connectivity index (χ1) is 12.0. The van der Waals surface area contributed by atoms with Crippen LogP contribution >= 0.6 is 22.9 Å². The van der Waals surface area contributed by atoms with Crippen LogP contribution < -0.4 is 4.90 Å². The minimum atomic E-state index is -3.51. The molecule has 2 aromatic carbocycles. The van der Waals surface area contributed by atoms with Gasteiger partial charge in [-0.2, -0.15) is 4.31 Å². The van der Waals surface area contributed by atoms with Crippen LogP contribution in [-0.2, 0) is 10.0 Å². The maximum absolute atomic E-state index is 12.8. The zero-order valence-corrected chi connectivity index (χ0v) is 15.7. The van der Waals surface area contributed by atoms with Gasteiger partial charge in [-0.15, -0.1) is 0 Å². The van der Waals surface area contributed by atoms with Crippen molar-refractivity contribution in [2.75, 3.05) is 31.1 Å². The van der Waals surface area contributed by atoms with E-state index in [1.165, 1.54) is 10.4 Å². The Hall–Kier alpha value is -1.67. The molecule has 5 nitrogen and oxygen atoms in total. The van der Waals surface area contributed by atoms with Crippen LogP contribution in [0.3, 0.4) is 0 Å². The fourth-order valence-corrected chi connectivity index (χ4v) is 5.63. The Morgan fingerprint density at radius 3 is 2.48 bits per heavy atom. The van der Waals surface area contributed by atoms with Crippen molar-refractivity contribution in [2.45, 2.75) is 4.90 Å². The van der Waals surface area contributed by atoms with E-state index < -0.39 is 10.0 Å². The maximum atomic E-state index is 12.8. The van der Waals surface area contributed by atoms with Crippen LogP contribution in [0.15, 0.2) is 53.4 Å². The Kier molecular flexibility index (Phi) is 4.41.